The molecule has 0 spiro atoms. The number of carbonyl (C=O) groups excluding carboxylic acids is 4. The molecule has 1 N–H and O–H groups in total. The molecule has 12 nitrogen and oxygen atoms in total. The number of Topliss-reactive ketones (excluding diaryl/α,β-unsaturated/α-hetero) is 1. The maximum atomic E-state index is 13.4. The number of hydrogen-bond donors (Lipinski definition) is 1. The summed E-state index contributed by atoms with van der Waals surface area (Å²) in [6, 6.07) is 0. The lowest BCUT2D eigenvalue weighted by atomic mass is 9.79. The number of amides is 1. The van der Waals surface area contributed by atoms with Crippen molar-refractivity contribution in [3.8, 4) is 0 Å². The van der Waals surface area contributed by atoms with Gasteiger partial charge >= 0.3 is 11.9 Å². The van der Waals surface area contributed by atoms with E-state index in [1.165, 1.54) is 45.0 Å². The Hall–Kier alpha value is -3.38. The normalized spacial score (nSPS) is 21.9. The summed E-state index contributed by atoms with van der Waals surface area (Å²) in [7, 11) is 1.47. The van der Waals surface area contributed by atoms with E-state index >= 15 is 0 Å². The largest absolute Gasteiger partial charge is 0.456 e. The van der Waals surface area contributed by atoms with Gasteiger partial charge in [0.05, 0.1) is 12.0 Å². The van der Waals surface area contributed by atoms with E-state index in [0.29, 0.717) is 11.8 Å². The molecule has 12 heteroatoms. The van der Waals surface area contributed by atoms with Crippen molar-refractivity contribution in [1.82, 2.24) is 14.5 Å². The third-order valence-electron chi connectivity index (χ3n) is 6.70. The highest BCUT2D eigenvalue weighted by Crippen LogP contribution is 2.39. The highest BCUT2D eigenvalue weighted by Gasteiger charge is 2.50. The SMILES string of the molecule is COC[C@H]1O[C@@H](n2cc(C(C)=O)c3c(NC(=O)C(CC(C)(C)C)C(C)C)ncnc32)[C@@H](OC(C)=O)C1OC(C)=O. The number of rotatable bonds is 10. The van der Waals surface area contributed by atoms with Crippen LogP contribution in [-0.4, -0.2) is 70.2 Å². The van der Waals surface area contributed by atoms with E-state index in [-0.39, 0.29) is 52.6 Å². The van der Waals surface area contributed by atoms with Crippen molar-refractivity contribution in [3.05, 3.63) is 18.1 Å². The van der Waals surface area contributed by atoms with Gasteiger partial charge in [0.15, 0.2) is 24.2 Å². The lowest BCUT2D eigenvalue weighted by molar-refractivity contribution is -0.165. The second kappa shape index (κ2) is 12.4. The van der Waals surface area contributed by atoms with E-state index in [1.807, 2.05) is 13.8 Å². The van der Waals surface area contributed by atoms with Crippen LogP contribution in [0.3, 0.4) is 0 Å². The zero-order valence-corrected chi connectivity index (χ0v) is 24.6. The van der Waals surface area contributed by atoms with Gasteiger partial charge in [0.2, 0.25) is 5.91 Å². The van der Waals surface area contributed by atoms with Crippen molar-refractivity contribution < 1.29 is 38.1 Å². The molecule has 0 saturated carbocycles. The Labute approximate surface area is 234 Å². The number of carbonyl (C=O) groups is 4. The molecule has 2 aromatic rings. The van der Waals surface area contributed by atoms with Crippen LogP contribution < -0.4 is 5.32 Å². The van der Waals surface area contributed by atoms with Gasteiger partial charge in [0, 0.05) is 38.6 Å². The van der Waals surface area contributed by atoms with Gasteiger partial charge in [-0.15, -0.1) is 0 Å². The Morgan fingerprint density at radius 1 is 1.05 bits per heavy atom. The molecule has 1 saturated heterocycles. The van der Waals surface area contributed by atoms with Crippen LogP contribution in [0.1, 0.15) is 78.4 Å². The van der Waals surface area contributed by atoms with Gasteiger partial charge in [-0.1, -0.05) is 34.6 Å². The Morgan fingerprint density at radius 2 is 1.68 bits per heavy atom. The van der Waals surface area contributed by atoms with Crippen molar-refractivity contribution in [1.29, 1.82) is 0 Å². The molecule has 0 aliphatic carbocycles. The zero-order valence-electron chi connectivity index (χ0n) is 24.6. The molecular weight excluding hydrogens is 520 g/mol. The second-order valence-electron chi connectivity index (χ2n) is 11.7. The fourth-order valence-electron chi connectivity index (χ4n) is 5.02. The van der Waals surface area contributed by atoms with Gasteiger partial charge in [-0.25, -0.2) is 9.97 Å². The minimum atomic E-state index is -1.07. The number of hydrogen-bond acceptors (Lipinski definition) is 10. The highest BCUT2D eigenvalue weighted by molar-refractivity contribution is 6.12. The average molecular weight is 561 g/mol. The standard InChI is InChI=1S/C28H40N4O8/c1-14(2)18(10-28(6,7)8)26(36)31-24-21-19(15(3)33)11-32(25(21)30-13-29-24)27-23(39-17(5)35)22(38-16(4)34)20(40-27)12-37-9/h11,13-14,18,20,22-23,27H,10,12H2,1-9H3,(H,29,30,31,36)/t18?,20-,22?,23+,27-/m1/s1. The molecule has 40 heavy (non-hydrogen) atoms. The van der Waals surface area contributed by atoms with Gasteiger partial charge in [0.25, 0.3) is 0 Å². The minimum absolute atomic E-state index is 0.0473. The summed E-state index contributed by atoms with van der Waals surface area (Å²) in [5, 5.41) is 3.25. The summed E-state index contributed by atoms with van der Waals surface area (Å²) in [5.74, 6) is -1.74. The first kappa shape index (κ1) is 31.2. The topological polar surface area (TPSA) is 148 Å². The number of nitrogens with one attached hydrogen (secondary N) is 1. The van der Waals surface area contributed by atoms with Crippen LogP contribution in [-0.2, 0) is 33.3 Å². The molecule has 220 valence electrons. The van der Waals surface area contributed by atoms with E-state index in [9.17, 15) is 19.2 Å². The van der Waals surface area contributed by atoms with E-state index < -0.39 is 36.5 Å². The molecule has 3 heterocycles. The van der Waals surface area contributed by atoms with Crippen LogP contribution in [0.5, 0.6) is 0 Å². The van der Waals surface area contributed by atoms with Crippen molar-refractivity contribution >= 4 is 40.5 Å². The van der Waals surface area contributed by atoms with Crippen LogP contribution in [0.25, 0.3) is 11.0 Å². The van der Waals surface area contributed by atoms with Gasteiger partial charge in [-0.3, -0.25) is 19.2 Å². The number of ketones is 1. The van der Waals surface area contributed by atoms with E-state index in [0.717, 1.165) is 0 Å². The Balaban J connectivity index is 2.12. The monoisotopic (exact) mass is 560 g/mol. The van der Waals surface area contributed by atoms with Crippen LogP contribution in [0.15, 0.2) is 12.5 Å². The molecule has 0 aromatic carbocycles. The summed E-state index contributed by atoms with van der Waals surface area (Å²) in [4.78, 5) is 58.9. The first-order valence-corrected chi connectivity index (χ1v) is 13.3. The lowest BCUT2D eigenvalue weighted by Gasteiger charge is -2.27. The molecule has 1 amide bonds. The molecule has 5 atom stereocenters. The number of aromatic nitrogens is 3. The van der Waals surface area contributed by atoms with Gasteiger partial charge in [0.1, 0.15) is 23.9 Å². The third kappa shape index (κ3) is 7.03. The number of fused-ring (bicyclic) bond motifs is 1. The van der Waals surface area contributed by atoms with Crippen molar-refractivity contribution in [2.24, 2.45) is 17.3 Å². The quantitative estimate of drug-likeness (QED) is 0.337. The Morgan fingerprint density at radius 3 is 2.20 bits per heavy atom. The molecule has 3 rings (SSSR count). The first-order chi connectivity index (χ1) is 18.6. The Kier molecular flexibility index (Phi) is 9.68. The fourth-order valence-corrected chi connectivity index (χ4v) is 5.02. The van der Waals surface area contributed by atoms with Crippen molar-refractivity contribution in [2.75, 3.05) is 19.0 Å². The molecule has 0 radical (unpaired) electrons. The second-order valence-corrected chi connectivity index (χ2v) is 11.7. The molecule has 1 fully saturated rings. The molecule has 1 aliphatic rings. The van der Waals surface area contributed by atoms with E-state index in [1.54, 1.807) is 0 Å². The summed E-state index contributed by atoms with van der Waals surface area (Å²) in [6.07, 6.45) is -0.384. The van der Waals surface area contributed by atoms with E-state index in [2.05, 4.69) is 36.1 Å². The highest BCUT2D eigenvalue weighted by atomic mass is 16.7. The van der Waals surface area contributed by atoms with Crippen molar-refractivity contribution in [3.63, 3.8) is 0 Å². The summed E-state index contributed by atoms with van der Waals surface area (Å²) in [6.45, 7) is 14.1. The molecule has 1 aliphatic heterocycles. The molecule has 0 bridgehead atoms. The maximum absolute atomic E-state index is 13.4. The van der Waals surface area contributed by atoms with E-state index in [4.69, 9.17) is 18.9 Å². The molecule has 2 unspecified atom stereocenters. The number of esters is 2. The third-order valence-corrected chi connectivity index (χ3v) is 6.70. The van der Waals surface area contributed by atoms with Crippen LogP contribution in [0, 0.1) is 17.3 Å². The Bertz CT molecular complexity index is 1260. The van der Waals surface area contributed by atoms with Gasteiger partial charge in [-0.2, -0.15) is 0 Å². The van der Waals surface area contributed by atoms with Gasteiger partial charge in [-0.05, 0) is 24.7 Å². The predicted octanol–water partition coefficient (Wildman–Crippen LogP) is 3.69. The van der Waals surface area contributed by atoms with Crippen LogP contribution >= 0.6 is 0 Å². The summed E-state index contributed by atoms with van der Waals surface area (Å²) in [5.41, 5.74) is 0.436. The predicted molar refractivity (Wildman–Crippen MR) is 145 cm³/mol. The number of ether oxygens (including phenoxy) is 4. The van der Waals surface area contributed by atoms with Crippen LogP contribution in [0.4, 0.5) is 5.82 Å². The van der Waals surface area contributed by atoms with Crippen molar-refractivity contribution in [2.45, 2.75) is 86.4 Å². The maximum Gasteiger partial charge on any atom is 0.303 e. The molecular formula is C28H40N4O8. The fraction of sp³-hybridized carbons (Fsp3) is 0.643. The average Bonchev–Trinajstić information content (AvgIpc) is 3.36. The summed E-state index contributed by atoms with van der Waals surface area (Å²) >= 11 is 0. The molecule has 2 aromatic heterocycles. The van der Waals surface area contributed by atoms with Crippen LogP contribution in [0.2, 0.25) is 0 Å². The van der Waals surface area contributed by atoms with Gasteiger partial charge < -0.3 is 28.8 Å². The number of nitrogens with zero attached hydrogens (tertiary/aromatic N) is 3. The summed E-state index contributed by atoms with van der Waals surface area (Å²) < 4.78 is 24.0. The smallest absolute Gasteiger partial charge is 0.303 e. The lowest BCUT2D eigenvalue weighted by Crippen LogP contribution is -2.40. The number of methoxy groups -OCH3 is 1. The first-order valence-electron chi connectivity index (χ1n) is 13.3. The number of anilines is 1. The minimum Gasteiger partial charge on any atom is -0.456 e. The zero-order chi connectivity index (χ0) is 29.9.